The molecule has 1 N–H and O–H groups in total. The van der Waals surface area contributed by atoms with Crippen molar-refractivity contribution in [1.82, 2.24) is 5.43 Å². The van der Waals surface area contributed by atoms with Crippen molar-refractivity contribution in [1.29, 1.82) is 0 Å². The zero-order valence-electron chi connectivity index (χ0n) is 18.8. The van der Waals surface area contributed by atoms with E-state index in [1.165, 1.54) is 24.3 Å². The second-order valence-corrected chi connectivity index (χ2v) is 7.90. The van der Waals surface area contributed by atoms with Crippen molar-refractivity contribution in [3.8, 4) is 5.75 Å². The third-order valence-corrected chi connectivity index (χ3v) is 5.69. The summed E-state index contributed by atoms with van der Waals surface area (Å²) in [5.74, 6) is 0.0812. The van der Waals surface area contributed by atoms with Crippen LogP contribution in [0.5, 0.6) is 5.75 Å². The summed E-state index contributed by atoms with van der Waals surface area (Å²) in [5.41, 5.74) is 5.68. The molecule has 1 aromatic heterocycles. The molecule has 2 aromatic carbocycles. The van der Waals surface area contributed by atoms with Gasteiger partial charge in [-0.05, 0) is 56.0 Å². The van der Waals surface area contributed by atoms with Crippen LogP contribution in [0, 0.1) is 17.0 Å². The molecule has 34 heavy (non-hydrogen) atoms. The number of amides is 1. The number of hydrogen-bond acceptors (Lipinski definition) is 7. The fourth-order valence-corrected chi connectivity index (χ4v) is 3.84. The minimum atomic E-state index is -0.592. The third kappa shape index (κ3) is 4.73. The lowest BCUT2D eigenvalue weighted by Crippen LogP contribution is -2.22. The number of nitrogens with one attached hydrogen (secondary N) is 1. The van der Waals surface area contributed by atoms with Crippen molar-refractivity contribution in [2.24, 2.45) is 5.10 Å². The molecule has 1 amide bonds. The summed E-state index contributed by atoms with van der Waals surface area (Å²) in [6.07, 6.45) is 2.88. The summed E-state index contributed by atoms with van der Waals surface area (Å²) >= 11 is 0. The Morgan fingerprint density at radius 1 is 1.12 bits per heavy atom. The number of hydrogen-bond donors (Lipinski definition) is 1. The van der Waals surface area contributed by atoms with E-state index in [4.69, 9.17) is 9.15 Å². The molecule has 174 valence electrons. The molecule has 9 nitrogen and oxygen atoms in total. The summed E-state index contributed by atoms with van der Waals surface area (Å²) < 4.78 is 11.3. The number of carbonyl (C=O) groups excluding carboxylic acids is 2. The minimum absolute atomic E-state index is 0.102. The van der Waals surface area contributed by atoms with Crippen LogP contribution in [0.3, 0.4) is 0 Å². The maximum atomic E-state index is 12.8. The molecular weight excluding hydrogens is 438 g/mol. The fraction of sp³-hybridized carbons (Fsp3) is 0.240. The predicted octanol–water partition coefficient (Wildman–Crippen LogP) is 4.75. The number of carbonyl (C=O) groups is 2. The van der Waals surface area contributed by atoms with E-state index < -0.39 is 16.8 Å². The molecule has 0 unspecified atom stereocenters. The van der Waals surface area contributed by atoms with Crippen LogP contribution in [0.2, 0.25) is 0 Å². The third-order valence-electron chi connectivity index (χ3n) is 5.69. The molecule has 0 atom stereocenters. The van der Waals surface area contributed by atoms with Crippen LogP contribution in [-0.2, 0) is 12.8 Å². The molecule has 0 aliphatic heterocycles. The quantitative estimate of drug-likeness (QED) is 0.245. The van der Waals surface area contributed by atoms with Crippen molar-refractivity contribution in [3.63, 3.8) is 0 Å². The van der Waals surface area contributed by atoms with Crippen LogP contribution in [0.15, 0.2) is 58.0 Å². The van der Waals surface area contributed by atoms with Gasteiger partial charge in [-0.25, -0.2) is 10.2 Å². The number of benzene rings is 2. The van der Waals surface area contributed by atoms with Gasteiger partial charge in [0.15, 0.2) is 0 Å². The average Bonchev–Trinajstić information content (AvgIpc) is 3.20. The topological polar surface area (TPSA) is 124 Å². The highest BCUT2D eigenvalue weighted by atomic mass is 16.6. The fourth-order valence-electron chi connectivity index (χ4n) is 3.84. The first-order valence-electron chi connectivity index (χ1n) is 10.9. The molecule has 9 heteroatoms. The zero-order valence-corrected chi connectivity index (χ0v) is 18.8. The molecule has 1 heterocycles. The Morgan fingerprint density at radius 3 is 2.47 bits per heavy atom. The van der Waals surface area contributed by atoms with Gasteiger partial charge < -0.3 is 9.15 Å². The minimum Gasteiger partial charge on any atom is -0.453 e. The second kappa shape index (κ2) is 9.70. The van der Waals surface area contributed by atoms with Crippen LogP contribution in [-0.4, -0.2) is 22.5 Å². The Labute approximate surface area is 195 Å². The number of non-ortho nitro benzene ring substituents is 1. The number of furan rings is 1. The summed E-state index contributed by atoms with van der Waals surface area (Å²) in [6, 6.07) is 12.5. The predicted molar refractivity (Wildman–Crippen MR) is 124 cm³/mol. The lowest BCUT2D eigenvalue weighted by atomic mass is 9.93. The van der Waals surface area contributed by atoms with Gasteiger partial charge in [-0.3, -0.25) is 14.9 Å². The lowest BCUT2D eigenvalue weighted by Gasteiger charge is -2.13. The molecular formula is C25H23N3O6. The molecule has 0 fully saturated rings. The Bertz CT molecular complexity index is 1270. The average molecular weight is 461 g/mol. The molecule has 0 radical (unpaired) electrons. The Kier molecular flexibility index (Phi) is 6.53. The van der Waals surface area contributed by atoms with Gasteiger partial charge in [-0.1, -0.05) is 19.1 Å². The maximum absolute atomic E-state index is 12.8. The summed E-state index contributed by atoms with van der Waals surface area (Å²) in [6.45, 7) is 3.81. The van der Waals surface area contributed by atoms with E-state index in [2.05, 4.69) is 10.5 Å². The van der Waals surface area contributed by atoms with Gasteiger partial charge in [-0.2, -0.15) is 5.10 Å². The van der Waals surface area contributed by atoms with Gasteiger partial charge >= 0.3 is 5.97 Å². The second-order valence-electron chi connectivity index (χ2n) is 7.90. The van der Waals surface area contributed by atoms with E-state index in [1.54, 1.807) is 19.1 Å². The van der Waals surface area contributed by atoms with E-state index in [0.717, 1.165) is 18.4 Å². The number of nitrogens with zero attached hydrogens (tertiary/aromatic N) is 2. The van der Waals surface area contributed by atoms with Gasteiger partial charge in [0.25, 0.3) is 11.6 Å². The smallest absolute Gasteiger partial charge is 0.379 e. The first-order valence-corrected chi connectivity index (χ1v) is 10.9. The first-order chi connectivity index (χ1) is 16.4. The molecule has 4 rings (SSSR count). The molecule has 0 saturated heterocycles. The summed E-state index contributed by atoms with van der Waals surface area (Å²) in [7, 11) is 0. The number of aryl methyl sites for hydroxylation is 2. The van der Waals surface area contributed by atoms with E-state index >= 15 is 0 Å². The van der Waals surface area contributed by atoms with Crippen LogP contribution < -0.4 is 10.2 Å². The number of esters is 1. The van der Waals surface area contributed by atoms with Gasteiger partial charge in [0.2, 0.25) is 5.76 Å². The number of hydrazone groups is 1. The SMILES string of the molecule is CCc1ccc(OC(=O)c2oc3c(c2C)/C(=N/NC(=O)c2ccc([N+](=O)[O-])cc2)CCC3)cc1. The van der Waals surface area contributed by atoms with E-state index in [9.17, 15) is 19.7 Å². The number of nitro groups is 1. The van der Waals surface area contributed by atoms with Gasteiger partial charge in [0.1, 0.15) is 11.5 Å². The van der Waals surface area contributed by atoms with Crippen molar-refractivity contribution < 1.29 is 23.7 Å². The van der Waals surface area contributed by atoms with Crippen molar-refractivity contribution in [2.75, 3.05) is 0 Å². The normalized spacial score (nSPS) is 13.9. The molecule has 3 aromatic rings. The van der Waals surface area contributed by atoms with Crippen LogP contribution >= 0.6 is 0 Å². The van der Waals surface area contributed by atoms with E-state index in [1.807, 2.05) is 19.1 Å². The van der Waals surface area contributed by atoms with Crippen molar-refractivity contribution in [2.45, 2.75) is 39.5 Å². The molecule has 1 aliphatic carbocycles. The van der Waals surface area contributed by atoms with E-state index in [0.29, 0.717) is 41.2 Å². The number of ether oxygens (including phenoxy) is 1. The maximum Gasteiger partial charge on any atom is 0.379 e. The molecule has 0 bridgehead atoms. The monoisotopic (exact) mass is 461 g/mol. The van der Waals surface area contributed by atoms with Crippen molar-refractivity contribution in [3.05, 3.63) is 92.4 Å². The number of rotatable bonds is 6. The van der Waals surface area contributed by atoms with Crippen LogP contribution in [0.25, 0.3) is 0 Å². The van der Waals surface area contributed by atoms with E-state index in [-0.39, 0.29) is 17.0 Å². The van der Waals surface area contributed by atoms with Gasteiger partial charge in [0, 0.05) is 35.2 Å². The molecule has 0 saturated carbocycles. The number of fused-ring (bicyclic) bond motifs is 1. The highest BCUT2D eigenvalue weighted by Crippen LogP contribution is 2.30. The van der Waals surface area contributed by atoms with Crippen molar-refractivity contribution >= 4 is 23.3 Å². The van der Waals surface area contributed by atoms with Crippen LogP contribution in [0.4, 0.5) is 5.69 Å². The van der Waals surface area contributed by atoms with Gasteiger partial charge in [-0.15, -0.1) is 0 Å². The molecule has 1 aliphatic rings. The standard InChI is InChI=1S/C25H23N3O6/c1-3-16-7-13-19(14-8-16)33-25(30)23-15(2)22-20(5-4-6-21(22)34-23)26-27-24(29)17-9-11-18(12-10-17)28(31)32/h7-14H,3-6H2,1-2H3,(H,27,29)/b26-20+. The highest BCUT2D eigenvalue weighted by Gasteiger charge is 2.29. The van der Waals surface area contributed by atoms with Crippen LogP contribution in [0.1, 0.15) is 63.1 Å². The van der Waals surface area contributed by atoms with Gasteiger partial charge in [0.05, 0.1) is 10.6 Å². The first kappa shape index (κ1) is 22.9. The zero-order chi connectivity index (χ0) is 24.2. The highest BCUT2D eigenvalue weighted by molar-refractivity contribution is 6.06. The summed E-state index contributed by atoms with van der Waals surface area (Å²) in [4.78, 5) is 35.5. The lowest BCUT2D eigenvalue weighted by molar-refractivity contribution is -0.384. The Hall–Kier alpha value is -4.27. The largest absolute Gasteiger partial charge is 0.453 e. The summed E-state index contributed by atoms with van der Waals surface area (Å²) in [5, 5.41) is 15.0. The molecule has 0 spiro atoms. The Morgan fingerprint density at radius 2 is 1.82 bits per heavy atom. The Balaban J connectivity index is 1.52. The number of nitro benzene ring substituents is 1.